The number of nitrogens with one attached hydrogen (secondary N) is 1. The number of aromatic nitrogens is 3. The van der Waals surface area contributed by atoms with Gasteiger partial charge in [0.2, 0.25) is 0 Å². The summed E-state index contributed by atoms with van der Waals surface area (Å²) in [4.78, 5) is 16.8. The summed E-state index contributed by atoms with van der Waals surface area (Å²) in [6.07, 6.45) is 3.29. The minimum Gasteiger partial charge on any atom is -0.392 e. The van der Waals surface area contributed by atoms with Gasteiger partial charge >= 0.3 is 0 Å². The molecule has 0 aliphatic heterocycles. The minimum absolute atomic E-state index is 0.0632. The van der Waals surface area contributed by atoms with Crippen LogP contribution in [0.5, 0.6) is 0 Å². The van der Waals surface area contributed by atoms with Crippen LogP contribution in [0, 0.1) is 5.92 Å². The number of hydrogen-bond acceptors (Lipinski definition) is 4. The molecule has 0 unspecified atom stereocenters. The van der Waals surface area contributed by atoms with Gasteiger partial charge in [-0.05, 0) is 29.7 Å². The maximum absolute atomic E-state index is 12.4. The maximum atomic E-state index is 12.4. The molecule has 3 rings (SSSR count). The van der Waals surface area contributed by atoms with Crippen molar-refractivity contribution in [1.82, 2.24) is 14.8 Å². The summed E-state index contributed by atoms with van der Waals surface area (Å²) < 4.78 is 1.85. The standard InChI is InChI=1S/C18H20N4O2/c1-12(2)10-22-17-14(9-20-22)7-15(8-19-17)18(24)21-16-5-3-4-13(6-16)11-23/h3-9,12,23H,10-11H2,1-2H3,(H,21,24). The lowest BCUT2D eigenvalue weighted by atomic mass is 10.2. The van der Waals surface area contributed by atoms with Crippen molar-refractivity contribution in [2.45, 2.75) is 27.0 Å². The zero-order valence-electron chi connectivity index (χ0n) is 13.7. The minimum atomic E-state index is -0.240. The van der Waals surface area contributed by atoms with Gasteiger partial charge in [0.25, 0.3) is 5.91 Å². The third-order valence-electron chi connectivity index (χ3n) is 3.64. The first kappa shape index (κ1) is 16.1. The molecule has 0 fully saturated rings. The van der Waals surface area contributed by atoms with Crippen LogP contribution in [-0.4, -0.2) is 25.8 Å². The molecule has 2 N–H and O–H groups in total. The lowest BCUT2D eigenvalue weighted by molar-refractivity contribution is 0.102. The van der Waals surface area contributed by atoms with Gasteiger partial charge in [-0.3, -0.25) is 4.79 Å². The molecule has 0 bridgehead atoms. The van der Waals surface area contributed by atoms with E-state index in [4.69, 9.17) is 5.11 Å². The molecule has 3 aromatic rings. The number of fused-ring (bicyclic) bond motifs is 1. The third kappa shape index (κ3) is 3.44. The summed E-state index contributed by atoms with van der Waals surface area (Å²) >= 11 is 0. The van der Waals surface area contributed by atoms with Gasteiger partial charge in [0.15, 0.2) is 5.65 Å². The van der Waals surface area contributed by atoms with E-state index >= 15 is 0 Å². The van der Waals surface area contributed by atoms with Crippen LogP contribution in [0.4, 0.5) is 5.69 Å². The molecule has 0 aliphatic rings. The fraction of sp³-hybridized carbons (Fsp3) is 0.278. The number of nitrogens with zero attached hydrogens (tertiary/aromatic N) is 3. The summed E-state index contributed by atoms with van der Waals surface area (Å²) in [6.45, 7) is 4.97. The molecule has 1 amide bonds. The highest BCUT2D eigenvalue weighted by Crippen LogP contribution is 2.16. The highest BCUT2D eigenvalue weighted by Gasteiger charge is 2.11. The number of aliphatic hydroxyl groups excluding tert-OH is 1. The number of amides is 1. The number of pyridine rings is 1. The monoisotopic (exact) mass is 324 g/mol. The number of rotatable bonds is 5. The van der Waals surface area contributed by atoms with Crippen LogP contribution in [0.25, 0.3) is 11.0 Å². The summed E-state index contributed by atoms with van der Waals surface area (Å²) in [7, 11) is 0. The van der Waals surface area contributed by atoms with Crippen molar-refractivity contribution in [2.75, 3.05) is 5.32 Å². The van der Waals surface area contributed by atoms with Gasteiger partial charge in [0.1, 0.15) is 0 Å². The third-order valence-corrected chi connectivity index (χ3v) is 3.64. The van der Waals surface area contributed by atoms with Crippen molar-refractivity contribution in [3.63, 3.8) is 0 Å². The van der Waals surface area contributed by atoms with Crippen molar-refractivity contribution in [2.24, 2.45) is 5.92 Å². The van der Waals surface area contributed by atoms with E-state index in [2.05, 4.69) is 29.2 Å². The Kier molecular flexibility index (Phi) is 4.57. The van der Waals surface area contributed by atoms with Gasteiger partial charge in [-0.15, -0.1) is 0 Å². The van der Waals surface area contributed by atoms with E-state index in [0.29, 0.717) is 17.2 Å². The quantitative estimate of drug-likeness (QED) is 0.756. The average molecular weight is 324 g/mol. The Morgan fingerprint density at radius 2 is 2.12 bits per heavy atom. The molecule has 124 valence electrons. The van der Waals surface area contributed by atoms with Crippen molar-refractivity contribution in [3.05, 3.63) is 53.9 Å². The maximum Gasteiger partial charge on any atom is 0.257 e. The van der Waals surface area contributed by atoms with Crippen molar-refractivity contribution >= 4 is 22.6 Å². The molecule has 0 atom stereocenters. The van der Waals surface area contributed by atoms with Crippen LogP contribution in [0.2, 0.25) is 0 Å². The Morgan fingerprint density at radius 3 is 2.88 bits per heavy atom. The van der Waals surface area contributed by atoms with Crippen molar-refractivity contribution < 1.29 is 9.90 Å². The van der Waals surface area contributed by atoms with Crippen LogP contribution in [0.1, 0.15) is 29.8 Å². The van der Waals surface area contributed by atoms with Crippen LogP contribution >= 0.6 is 0 Å². The van der Waals surface area contributed by atoms with Gasteiger partial charge in [0, 0.05) is 23.8 Å². The number of benzene rings is 1. The first-order valence-electron chi connectivity index (χ1n) is 7.89. The predicted molar refractivity (Wildman–Crippen MR) is 92.7 cm³/mol. The van der Waals surface area contributed by atoms with Gasteiger partial charge in [0.05, 0.1) is 18.4 Å². The van der Waals surface area contributed by atoms with Crippen LogP contribution in [0.15, 0.2) is 42.7 Å². The van der Waals surface area contributed by atoms with Gasteiger partial charge in [-0.1, -0.05) is 26.0 Å². The highest BCUT2D eigenvalue weighted by atomic mass is 16.3. The van der Waals surface area contributed by atoms with E-state index in [0.717, 1.165) is 23.1 Å². The van der Waals surface area contributed by atoms with Crippen molar-refractivity contribution in [1.29, 1.82) is 0 Å². The first-order valence-corrected chi connectivity index (χ1v) is 7.89. The lowest BCUT2D eigenvalue weighted by Crippen LogP contribution is -2.12. The second kappa shape index (κ2) is 6.80. The van der Waals surface area contributed by atoms with Crippen molar-refractivity contribution in [3.8, 4) is 0 Å². The smallest absolute Gasteiger partial charge is 0.257 e. The van der Waals surface area contributed by atoms with Crippen LogP contribution in [0.3, 0.4) is 0 Å². The molecular formula is C18H20N4O2. The SMILES string of the molecule is CC(C)Cn1ncc2cc(C(=O)Nc3cccc(CO)c3)cnc21. The molecule has 24 heavy (non-hydrogen) atoms. The van der Waals surface area contributed by atoms with Gasteiger partial charge < -0.3 is 10.4 Å². The molecule has 0 saturated carbocycles. The van der Waals surface area contributed by atoms with E-state index in [9.17, 15) is 4.79 Å². The van der Waals surface area contributed by atoms with E-state index in [1.165, 1.54) is 0 Å². The molecule has 6 nitrogen and oxygen atoms in total. The number of aliphatic hydroxyl groups is 1. The second-order valence-electron chi connectivity index (χ2n) is 6.17. The normalized spacial score (nSPS) is 11.2. The molecule has 0 saturated heterocycles. The molecule has 1 aromatic carbocycles. The molecular weight excluding hydrogens is 304 g/mol. The molecule has 0 aliphatic carbocycles. The van der Waals surface area contributed by atoms with E-state index in [1.807, 2.05) is 4.68 Å². The number of hydrogen-bond donors (Lipinski definition) is 2. The topological polar surface area (TPSA) is 80.0 Å². The fourth-order valence-corrected chi connectivity index (χ4v) is 2.53. The Balaban J connectivity index is 1.82. The zero-order chi connectivity index (χ0) is 17.1. The average Bonchev–Trinajstić information content (AvgIpc) is 2.96. The Hall–Kier alpha value is -2.73. The molecule has 2 heterocycles. The molecule has 6 heteroatoms. The van der Waals surface area contributed by atoms with Crippen LogP contribution in [-0.2, 0) is 13.2 Å². The Bertz CT molecular complexity index is 870. The summed E-state index contributed by atoms with van der Waals surface area (Å²) in [5, 5.41) is 17.2. The number of anilines is 1. The zero-order valence-corrected chi connectivity index (χ0v) is 13.7. The molecule has 0 radical (unpaired) electrons. The van der Waals surface area contributed by atoms with E-state index in [1.54, 1.807) is 42.7 Å². The largest absolute Gasteiger partial charge is 0.392 e. The summed E-state index contributed by atoms with van der Waals surface area (Å²) in [5.74, 6) is 0.229. The number of carbonyl (C=O) groups excluding carboxylic acids is 1. The summed E-state index contributed by atoms with van der Waals surface area (Å²) in [6, 6.07) is 8.90. The first-order chi connectivity index (χ1) is 11.6. The lowest BCUT2D eigenvalue weighted by Gasteiger charge is -2.08. The van der Waals surface area contributed by atoms with Crippen LogP contribution < -0.4 is 5.32 Å². The predicted octanol–water partition coefficient (Wildman–Crippen LogP) is 2.83. The highest BCUT2D eigenvalue weighted by molar-refractivity contribution is 6.05. The van der Waals surface area contributed by atoms with Gasteiger partial charge in [-0.25, -0.2) is 9.67 Å². The van der Waals surface area contributed by atoms with Gasteiger partial charge in [-0.2, -0.15) is 5.10 Å². The second-order valence-corrected chi connectivity index (χ2v) is 6.17. The fourth-order valence-electron chi connectivity index (χ4n) is 2.53. The molecule has 0 spiro atoms. The molecule has 2 aromatic heterocycles. The number of carbonyl (C=O) groups is 1. The summed E-state index contributed by atoms with van der Waals surface area (Å²) in [5.41, 5.74) is 2.64. The Morgan fingerprint density at radius 1 is 1.29 bits per heavy atom. The van der Waals surface area contributed by atoms with E-state index < -0.39 is 0 Å². The Labute approximate surface area is 140 Å². The van der Waals surface area contributed by atoms with E-state index in [-0.39, 0.29) is 12.5 Å².